The van der Waals surface area contributed by atoms with Crippen molar-refractivity contribution in [1.29, 1.82) is 0 Å². The van der Waals surface area contributed by atoms with Gasteiger partial charge in [0.05, 0.1) is 13.7 Å². The van der Waals surface area contributed by atoms with E-state index in [4.69, 9.17) is 4.74 Å². The third-order valence-electron chi connectivity index (χ3n) is 3.49. The Balaban J connectivity index is 2.17. The van der Waals surface area contributed by atoms with Gasteiger partial charge in [-0.15, -0.1) is 0 Å². The van der Waals surface area contributed by atoms with E-state index in [1.54, 1.807) is 7.11 Å². The monoisotopic (exact) mass is 256 g/mol. The lowest BCUT2D eigenvalue weighted by molar-refractivity contribution is 0.264. The molecule has 2 aromatic carbocycles. The number of hydrogen-bond acceptors (Lipinski definition) is 2. The van der Waals surface area contributed by atoms with Crippen LogP contribution >= 0.6 is 0 Å². The molecule has 1 unspecified atom stereocenters. The van der Waals surface area contributed by atoms with Crippen molar-refractivity contribution in [3.05, 3.63) is 65.2 Å². The maximum absolute atomic E-state index is 9.64. The summed E-state index contributed by atoms with van der Waals surface area (Å²) >= 11 is 0. The van der Waals surface area contributed by atoms with Crippen LogP contribution in [0.1, 0.15) is 22.6 Å². The standard InChI is InChI=1S/C17H20O2/c1-13-5-3-4-6-17(13)15(12-18)11-14-7-9-16(19-2)10-8-14/h3-10,15,18H,11-12H2,1-2H3. The Hall–Kier alpha value is -1.80. The van der Waals surface area contributed by atoms with Gasteiger partial charge in [0.1, 0.15) is 5.75 Å². The highest BCUT2D eigenvalue weighted by molar-refractivity contribution is 5.33. The highest BCUT2D eigenvalue weighted by atomic mass is 16.5. The maximum atomic E-state index is 9.64. The Morgan fingerprint density at radius 1 is 1.05 bits per heavy atom. The van der Waals surface area contributed by atoms with E-state index in [0.29, 0.717) is 0 Å². The number of methoxy groups -OCH3 is 1. The Morgan fingerprint density at radius 2 is 1.74 bits per heavy atom. The second-order valence-electron chi connectivity index (χ2n) is 4.79. The average molecular weight is 256 g/mol. The molecule has 0 saturated heterocycles. The molecule has 0 radical (unpaired) electrons. The molecule has 19 heavy (non-hydrogen) atoms. The summed E-state index contributed by atoms with van der Waals surface area (Å²) in [6.07, 6.45) is 0.839. The number of hydrogen-bond donors (Lipinski definition) is 1. The van der Waals surface area contributed by atoms with Crippen molar-refractivity contribution in [2.75, 3.05) is 13.7 Å². The molecule has 0 spiro atoms. The van der Waals surface area contributed by atoms with Gasteiger partial charge in [0, 0.05) is 5.92 Å². The molecule has 0 heterocycles. The summed E-state index contributed by atoms with van der Waals surface area (Å²) in [4.78, 5) is 0. The Labute approximate surface area is 114 Å². The number of aliphatic hydroxyl groups excluding tert-OH is 1. The molecule has 100 valence electrons. The summed E-state index contributed by atoms with van der Waals surface area (Å²) in [5.41, 5.74) is 3.67. The van der Waals surface area contributed by atoms with Crippen LogP contribution in [0.5, 0.6) is 5.75 Å². The van der Waals surface area contributed by atoms with Crippen LogP contribution in [0.3, 0.4) is 0 Å². The maximum Gasteiger partial charge on any atom is 0.118 e. The average Bonchev–Trinajstić information content (AvgIpc) is 2.46. The molecule has 2 heteroatoms. The summed E-state index contributed by atoms with van der Waals surface area (Å²) in [5, 5.41) is 9.64. The molecule has 0 bridgehead atoms. The van der Waals surface area contributed by atoms with Gasteiger partial charge in [0.2, 0.25) is 0 Å². The number of rotatable bonds is 5. The van der Waals surface area contributed by atoms with Crippen molar-refractivity contribution >= 4 is 0 Å². The molecule has 0 aliphatic rings. The smallest absolute Gasteiger partial charge is 0.118 e. The van der Waals surface area contributed by atoms with Crippen LogP contribution in [0.15, 0.2) is 48.5 Å². The summed E-state index contributed by atoms with van der Waals surface area (Å²) in [6.45, 7) is 2.25. The zero-order valence-electron chi connectivity index (χ0n) is 11.5. The summed E-state index contributed by atoms with van der Waals surface area (Å²) in [6, 6.07) is 16.3. The van der Waals surface area contributed by atoms with Crippen molar-refractivity contribution in [2.24, 2.45) is 0 Å². The fourth-order valence-corrected chi connectivity index (χ4v) is 2.36. The largest absolute Gasteiger partial charge is 0.497 e. The molecule has 2 nitrogen and oxygen atoms in total. The molecule has 1 atom stereocenters. The summed E-state index contributed by atoms with van der Waals surface area (Å²) < 4.78 is 5.15. The topological polar surface area (TPSA) is 29.5 Å². The van der Waals surface area contributed by atoms with Crippen molar-refractivity contribution in [3.8, 4) is 5.75 Å². The van der Waals surface area contributed by atoms with Gasteiger partial charge < -0.3 is 9.84 Å². The molecular formula is C17H20O2. The quantitative estimate of drug-likeness (QED) is 0.889. The Bertz CT molecular complexity index is 517. The highest BCUT2D eigenvalue weighted by Gasteiger charge is 2.13. The van der Waals surface area contributed by atoms with Crippen molar-refractivity contribution < 1.29 is 9.84 Å². The van der Waals surface area contributed by atoms with E-state index in [9.17, 15) is 5.11 Å². The summed E-state index contributed by atoms with van der Waals surface area (Å²) in [7, 11) is 1.67. The summed E-state index contributed by atoms with van der Waals surface area (Å²) in [5.74, 6) is 1.01. The molecule has 0 aromatic heterocycles. The van der Waals surface area contributed by atoms with Crippen LogP contribution in [0.25, 0.3) is 0 Å². The minimum Gasteiger partial charge on any atom is -0.497 e. The van der Waals surface area contributed by atoms with Crippen LogP contribution in [-0.4, -0.2) is 18.8 Å². The molecule has 0 aliphatic carbocycles. The first kappa shape index (κ1) is 13.6. The van der Waals surface area contributed by atoms with Gasteiger partial charge in [-0.25, -0.2) is 0 Å². The van der Waals surface area contributed by atoms with Crippen LogP contribution in [0.4, 0.5) is 0 Å². The predicted molar refractivity (Wildman–Crippen MR) is 77.7 cm³/mol. The Morgan fingerprint density at radius 3 is 2.32 bits per heavy atom. The molecule has 0 fully saturated rings. The highest BCUT2D eigenvalue weighted by Crippen LogP contribution is 2.24. The fourth-order valence-electron chi connectivity index (χ4n) is 2.36. The molecule has 0 aliphatic heterocycles. The Kier molecular flexibility index (Phi) is 4.58. The minimum absolute atomic E-state index is 0.148. The fraction of sp³-hybridized carbons (Fsp3) is 0.294. The first-order chi connectivity index (χ1) is 9.24. The first-order valence-electron chi connectivity index (χ1n) is 6.54. The number of aryl methyl sites for hydroxylation is 1. The van der Waals surface area contributed by atoms with E-state index >= 15 is 0 Å². The normalized spacial score (nSPS) is 12.2. The van der Waals surface area contributed by atoms with Crippen LogP contribution in [-0.2, 0) is 6.42 Å². The van der Waals surface area contributed by atoms with E-state index in [0.717, 1.165) is 12.2 Å². The van der Waals surface area contributed by atoms with E-state index in [1.807, 2.05) is 24.3 Å². The lowest BCUT2D eigenvalue weighted by Gasteiger charge is -2.17. The minimum atomic E-state index is 0.148. The number of benzene rings is 2. The lowest BCUT2D eigenvalue weighted by Crippen LogP contribution is -2.09. The van der Waals surface area contributed by atoms with Crippen molar-refractivity contribution in [1.82, 2.24) is 0 Å². The van der Waals surface area contributed by atoms with E-state index in [1.165, 1.54) is 16.7 Å². The van der Waals surface area contributed by atoms with Gasteiger partial charge in [-0.05, 0) is 42.2 Å². The molecule has 0 amide bonds. The third-order valence-corrected chi connectivity index (χ3v) is 3.49. The number of ether oxygens (including phenoxy) is 1. The van der Waals surface area contributed by atoms with Crippen LogP contribution < -0.4 is 4.74 Å². The van der Waals surface area contributed by atoms with E-state index in [2.05, 4.69) is 31.2 Å². The lowest BCUT2D eigenvalue weighted by atomic mass is 9.90. The predicted octanol–water partition coefficient (Wildman–Crippen LogP) is 3.32. The van der Waals surface area contributed by atoms with Gasteiger partial charge in [0.15, 0.2) is 0 Å². The molecular weight excluding hydrogens is 236 g/mol. The molecule has 0 saturated carbocycles. The zero-order valence-corrected chi connectivity index (χ0v) is 11.5. The van der Waals surface area contributed by atoms with Crippen LogP contribution in [0.2, 0.25) is 0 Å². The third kappa shape index (κ3) is 3.36. The van der Waals surface area contributed by atoms with Crippen molar-refractivity contribution in [2.45, 2.75) is 19.3 Å². The van der Waals surface area contributed by atoms with Crippen molar-refractivity contribution in [3.63, 3.8) is 0 Å². The molecule has 1 N–H and O–H groups in total. The zero-order chi connectivity index (χ0) is 13.7. The second kappa shape index (κ2) is 6.39. The van der Waals surface area contributed by atoms with Gasteiger partial charge >= 0.3 is 0 Å². The SMILES string of the molecule is COc1ccc(CC(CO)c2ccccc2C)cc1. The van der Waals surface area contributed by atoms with E-state index < -0.39 is 0 Å². The number of aliphatic hydroxyl groups is 1. The molecule has 2 rings (SSSR count). The van der Waals surface area contributed by atoms with Gasteiger partial charge in [-0.3, -0.25) is 0 Å². The van der Waals surface area contributed by atoms with E-state index in [-0.39, 0.29) is 12.5 Å². The molecule has 2 aromatic rings. The van der Waals surface area contributed by atoms with Gasteiger partial charge in [-0.2, -0.15) is 0 Å². The van der Waals surface area contributed by atoms with Crippen LogP contribution in [0, 0.1) is 6.92 Å². The first-order valence-corrected chi connectivity index (χ1v) is 6.54. The second-order valence-corrected chi connectivity index (χ2v) is 4.79. The van der Waals surface area contributed by atoms with Gasteiger partial charge in [-0.1, -0.05) is 36.4 Å². The van der Waals surface area contributed by atoms with Gasteiger partial charge in [0.25, 0.3) is 0 Å².